The van der Waals surface area contributed by atoms with Gasteiger partial charge in [-0.05, 0) is 62.3 Å². The van der Waals surface area contributed by atoms with Crippen LogP contribution < -0.4 is 5.32 Å². The van der Waals surface area contributed by atoms with Gasteiger partial charge in [-0.3, -0.25) is 4.98 Å². The Kier molecular flexibility index (Phi) is 6.48. The Morgan fingerprint density at radius 3 is 3.05 bits per heavy atom. The Hall–Kier alpha value is -0.930. The van der Waals surface area contributed by atoms with Gasteiger partial charge in [-0.2, -0.15) is 0 Å². The fourth-order valence-electron chi connectivity index (χ4n) is 2.98. The summed E-state index contributed by atoms with van der Waals surface area (Å²) in [5, 5.41) is 3.70. The van der Waals surface area contributed by atoms with E-state index < -0.39 is 0 Å². The molecule has 0 bridgehead atoms. The minimum absolute atomic E-state index is 0.442. The first-order valence-electron chi connectivity index (χ1n) is 8.12. The Bertz CT molecular complexity index is 388. The molecule has 112 valence electrons. The molecule has 2 heterocycles. The molecule has 3 nitrogen and oxygen atoms in total. The highest BCUT2D eigenvalue weighted by Gasteiger charge is 2.19. The van der Waals surface area contributed by atoms with Gasteiger partial charge >= 0.3 is 0 Å². The first kappa shape index (κ1) is 15.5. The van der Waals surface area contributed by atoms with E-state index >= 15 is 0 Å². The predicted molar refractivity (Wildman–Crippen MR) is 82.9 cm³/mol. The molecule has 20 heavy (non-hydrogen) atoms. The maximum atomic E-state index is 5.76. The van der Waals surface area contributed by atoms with E-state index in [4.69, 9.17) is 4.74 Å². The number of hydrogen-bond donors (Lipinski definition) is 1. The quantitative estimate of drug-likeness (QED) is 0.787. The van der Waals surface area contributed by atoms with E-state index in [1.54, 1.807) is 0 Å². The van der Waals surface area contributed by atoms with Crippen molar-refractivity contribution in [3.63, 3.8) is 0 Å². The van der Waals surface area contributed by atoms with Gasteiger partial charge in [-0.1, -0.05) is 13.8 Å². The summed E-state index contributed by atoms with van der Waals surface area (Å²) in [6.07, 6.45) is 11.4. The second-order valence-corrected chi connectivity index (χ2v) is 5.65. The van der Waals surface area contributed by atoms with Crippen LogP contribution in [-0.4, -0.2) is 24.2 Å². The molecule has 1 aromatic rings. The van der Waals surface area contributed by atoms with Crippen molar-refractivity contribution in [3.8, 4) is 0 Å². The molecule has 0 aromatic carbocycles. The van der Waals surface area contributed by atoms with Crippen molar-refractivity contribution in [1.82, 2.24) is 10.3 Å². The highest BCUT2D eigenvalue weighted by Crippen LogP contribution is 2.26. The molecule has 0 spiro atoms. The van der Waals surface area contributed by atoms with Crippen molar-refractivity contribution in [1.29, 1.82) is 0 Å². The molecule has 2 rings (SSSR count). The van der Waals surface area contributed by atoms with Crippen LogP contribution in [0.3, 0.4) is 0 Å². The number of rotatable bonds is 8. The fraction of sp³-hybridized carbons (Fsp3) is 0.706. The lowest BCUT2D eigenvalue weighted by atomic mass is 9.95. The van der Waals surface area contributed by atoms with E-state index in [1.165, 1.54) is 30.4 Å². The molecule has 0 amide bonds. The van der Waals surface area contributed by atoms with E-state index in [0.717, 1.165) is 32.4 Å². The first-order chi connectivity index (χ1) is 9.85. The number of nitrogens with one attached hydrogen (secondary N) is 1. The standard InChI is InChI=1S/C17H28N2O/c1-3-10-19-17(8-7-15-6-5-12-20-15)16-9-11-18-13-14(16)4-2/h9,11,13,15,17,19H,3-8,10,12H2,1-2H3. The molecule has 1 aliphatic rings. The molecule has 2 atom stereocenters. The maximum absolute atomic E-state index is 5.76. The summed E-state index contributed by atoms with van der Waals surface area (Å²) in [7, 11) is 0. The van der Waals surface area contributed by atoms with Crippen LogP contribution in [0.2, 0.25) is 0 Å². The SMILES string of the molecule is CCCNC(CCC1CCCO1)c1ccncc1CC. The topological polar surface area (TPSA) is 34.1 Å². The number of nitrogens with zero attached hydrogens (tertiary/aromatic N) is 1. The van der Waals surface area contributed by atoms with Crippen molar-refractivity contribution in [2.45, 2.75) is 64.5 Å². The largest absolute Gasteiger partial charge is 0.378 e. The van der Waals surface area contributed by atoms with Crippen LogP contribution in [-0.2, 0) is 11.2 Å². The lowest BCUT2D eigenvalue weighted by Gasteiger charge is -2.22. The number of aromatic nitrogens is 1. The smallest absolute Gasteiger partial charge is 0.0576 e. The van der Waals surface area contributed by atoms with Gasteiger partial charge in [-0.15, -0.1) is 0 Å². The average molecular weight is 276 g/mol. The van der Waals surface area contributed by atoms with Gasteiger partial charge in [0.15, 0.2) is 0 Å². The van der Waals surface area contributed by atoms with Crippen LogP contribution in [0.25, 0.3) is 0 Å². The molecule has 2 unspecified atom stereocenters. The van der Waals surface area contributed by atoms with Crippen molar-refractivity contribution >= 4 is 0 Å². The minimum atomic E-state index is 0.442. The highest BCUT2D eigenvalue weighted by molar-refractivity contribution is 5.26. The third-order valence-corrected chi connectivity index (χ3v) is 4.14. The van der Waals surface area contributed by atoms with Gasteiger partial charge in [0.2, 0.25) is 0 Å². The van der Waals surface area contributed by atoms with Gasteiger partial charge in [0, 0.05) is 25.0 Å². The van der Waals surface area contributed by atoms with E-state index in [2.05, 4.69) is 30.2 Å². The summed E-state index contributed by atoms with van der Waals surface area (Å²) in [4.78, 5) is 4.26. The molecular weight excluding hydrogens is 248 g/mol. The van der Waals surface area contributed by atoms with E-state index in [9.17, 15) is 0 Å². The lowest BCUT2D eigenvalue weighted by molar-refractivity contribution is 0.0995. The molecule has 1 N–H and O–H groups in total. The van der Waals surface area contributed by atoms with Gasteiger partial charge in [0.05, 0.1) is 6.10 Å². The summed E-state index contributed by atoms with van der Waals surface area (Å²) >= 11 is 0. The molecule has 0 aliphatic carbocycles. The van der Waals surface area contributed by atoms with E-state index in [0.29, 0.717) is 12.1 Å². The van der Waals surface area contributed by atoms with Crippen molar-refractivity contribution in [2.24, 2.45) is 0 Å². The normalized spacial score (nSPS) is 20.2. The van der Waals surface area contributed by atoms with Crippen LogP contribution in [0, 0.1) is 0 Å². The Labute approximate surface area is 123 Å². The molecular formula is C17H28N2O. The van der Waals surface area contributed by atoms with Crippen LogP contribution in [0.5, 0.6) is 0 Å². The first-order valence-corrected chi connectivity index (χ1v) is 8.12. The van der Waals surface area contributed by atoms with Crippen molar-refractivity contribution in [3.05, 3.63) is 29.6 Å². The summed E-state index contributed by atoms with van der Waals surface area (Å²) in [5.74, 6) is 0. The zero-order chi connectivity index (χ0) is 14.2. The van der Waals surface area contributed by atoms with Crippen LogP contribution in [0.4, 0.5) is 0 Å². The molecule has 1 aliphatic heterocycles. The van der Waals surface area contributed by atoms with E-state index in [1.807, 2.05) is 12.4 Å². The van der Waals surface area contributed by atoms with Gasteiger partial charge in [0.25, 0.3) is 0 Å². The molecule has 0 saturated carbocycles. The zero-order valence-corrected chi connectivity index (χ0v) is 12.9. The predicted octanol–water partition coefficient (Wildman–Crippen LogP) is 3.64. The minimum Gasteiger partial charge on any atom is -0.378 e. The van der Waals surface area contributed by atoms with Crippen molar-refractivity contribution in [2.75, 3.05) is 13.2 Å². The van der Waals surface area contributed by atoms with Crippen molar-refractivity contribution < 1.29 is 4.74 Å². The molecule has 1 fully saturated rings. The van der Waals surface area contributed by atoms with Crippen LogP contribution in [0.15, 0.2) is 18.5 Å². The van der Waals surface area contributed by atoms with Gasteiger partial charge in [-0.25, -0.2) is 0 Å². The molecule has 1 aromatic heterocycles. The summed E-state index contributed by atoms with van der Waals surface area (Å²) in [5.41, 5.74) is 2.79. The second kappa shape index (κ2) is 8.38. The van der Waals surface area contributed by atoms with Crippen LogP contribution >= 0.6 is 0 Å². The summed E-state index contributed by atoms with van der Waals surface area (Å²) in [6, 6.07) is 2.62. The fourth-order valence-corrected chi connectivity index (χ4v) is 2.98. The lowest BCUT2D eigenvalue weighted by Crippen LogP contribution is -2.24. The Morgan fingerprint density at radius 2 is 2.35 bits per heavy atom. The molecule has 0 radical (unpaired) electrons. The number of pyridine rings is 1. The summed E-state index contributed by atoms with van der Waals surface area (Å²) < 4.78 is 5.76. The Balaban J connectivity index is 2.01. The highest BCUT2D eigenvalue weighted by atomic mass is 16.5. The average Bonchev–Trinajstić information content (AvgIpc) is 3.01. The zero-order valence-electron chi connectivity index (χ0n) is 12.9. The third kappa shape index (κ3) is 4.29. The Morgan fingerprint density at radius 1 is 1.45 bits per heavy atom. The van der Waals surface area contributed by atoms with E-state index in [-0.39, 0.29) is 0 Å². The maximum Gasteiger partial charge on any atom is 0.0576 e. The number of ether oxygens (including phenoxy) is 1. The second-order valence-electron chi connectivity index (χ2n) is 5.65. The van der Waals surface area contributed by atoms with Crippen LogP contribution in [0.1, 0.15) is 63.1 Å². The van der Waals surface area contributed by atoms with Gasteiger partial charge < -0.3 is 10.1 Å². The molecule has 1 saturated heterocycles. The third-order valence-electron chi connectivity index (χ3n) is 4.14. The number of hydrogen-bond acceptors (Lipinski definition) is 3. The number of aryl methyl sites for hydroxylation is 1. The monoisotopic (exact) mass is 276 g/mol. The van der Waals surface area contributed by atoms with Gasteiger partial charge in [0.1, 0.15) is 0 Å². The summed E-state index contributed by atoms with van der Waals surface area (Å²) in [6.45, 7) is 6.45. The molecule has 3 heteroatoms.